The molecule has 33 heavy (non-hydrogen) atoms. The van der Waals surface area contributed by atoms with Crippen LogP contribution in [0.15, 0.2) is 61.1 Å². The molecule has 0 bridgehead atoms. The van der Waals surface area contributed by atoms with Gasteiger partial charge in [-0.3, -0.25) is 4.57 Å². The molecule has 7 nitrogen and oxygen atoms in total. The van der Waals surface area contributed by atoms with Crippen LogP contribution in [0.4, 0.5) is 23.7 Å². The van der Waals surface area contributed by atoms with Gasteiger partial charge in [-0.25, -0.2) is 14.8 Å². The van der Waals surface area contributed by atoms with Crippen molar-refractivity contribution in [3.8, 4) is 11.6 Å². The van der Waals surface area contributed by atoms with Crippen LogP contribution in [0.5, 0.6) is 11.6 Å². The van der Waals surface area contributed by atoms with E-state index in [1.54, 1.807) is 30.5 Å². The lowest BCUT2D eigenvalue weighted by molar-refractivity contribution is -0.137. The Kier molecular flexibility index (Phi) is 5.01. The van der Waals surface area contributed by atoms with E-state index in [1.807, 2.05) is 6.92 Å². The molecule has 1 aliphatic rings. The van der Waals surface area contributed by atoms with Crippen LogP contribution in [-0.2, 0) is 12.7 Å². The lowest BCUT2D eigenvalue weighted by Crippen LogP contribution is -2.18. The fourth-order valence-corrected chi connectivity index (χ4v) is 3.85. The number of halogens is 3. The number of fused-ring (bicyclic) bond motifs is 2. The highest BCUT2D eigenvalue weighted by Crippen LogP contribution is 2.34. The first-order valence-electron chi connectivity index (χ1n) is 10.1. The van der Waals surface area contributed by atoms with E-state index in [9.17, 15) is 18.0 Å². The van der Waals surface area contributed by atoms with Gasteiger partial charge in [0.1, 0.15) is 12.1 Å². The number of hydrogen-bond donors (Lipinski definition) is 2. The Labute approximate surface area is 186 Å². The summed E-state index contributed by atoms with van der Waals surface area (Å²) in [5.74, 6) is 1.01. The summed E-state index contributed by atoms with van der Waals surface area (Å²) in [4.78, 5) is 21.2. The van der Waals surface area contributed by atoms with Crippen molar-refractivity contribution in [3.05, 3.63) is 77.9 Å². The highest BCUT2D eigenvalue weighted by molar-refractivity contribution is 5.98. The predicted molar refractivity (Wildman–Crippen MR) is 115 cm³/mol. The van der Waals surface area contributed by atoms with Crippen LogP contribution in [-0.4, -0.2) is 20.6 Å². The zero-order chi connectivity index (χ0) is 23.2. The van der Waals surface area contributed by atoms with Crippen LogP contribution in [0.25, 0.3) is 10.9 Å². The summed E-state index contributed by atoms with van der Waals surface area (Å²) in [5.41, 5.74) is 1.61. The SMILES string of the molecule is C[C@@H]1NCc2ncnc(Oc3ccc4c(ccn4C(=O)Nc4cccc(C(F)(F)F)c4)c3)c21. The van der Waals surface area contributed by atoms with Gasteiger partial charge in [-0.2, -0.15) is 13.2 Å². The number of nitrogens with zero attached hydrogens (tertiary/aromatic N) is 3. The quantitative estimate of drug-likeness (QED) is 0.429. The van der Waals surface area contributed by atoms with Crippen LogP contribution < -0.4 is 15.4 Å². The van der Waals surface area contributed by atoms with Crippen LogP contribution in [0.1, 0.15) is 29.8 Å². The Morgan fingerprint density at radius 2 is 2.03 bits per heavy atom. The molecule has 0 saturated carbocycles. The molecule has 5 rings (SSSR count). The van der Waals surface area contributed by atoms with Gasteiger partial charge in [-0.15, -0.1) is 0 Å². The molecular weight excluding hydrogens is 435 g/mol. The highest BCUT2D eigenvalue weighted by atomic mass is 19.4. The average Bonchev–Trinajstić information content (AvgIpc) is 3.37. The normalized spacial score (nSPS) is 15.5. The van der Waals surface area contributed by atoms with Crippen molar-refractivity contribution >= 4 is 22.6 Å². The number of alkyl halides is 3. The summed E-state index contributed by atoms with van der Waals surface area (Å²) < 4.78 is 46.1. The molecule has 0 unspecified atom stereocenters. The van der Waals surface area contributed by atoms with Crippen LogP contribution in [0, 0.1) is 0 Å². The van der Waals surface area contributed by atoms with E-state index in [-0.39, 0.29) is 11.7 Å². The number of carbonyl (C=O) groups excluding carboxylic acids is 1. The summed E-state index contributed by atoms with van der Waals surface area (Å²) in [5, 5.41) is 6.53. The molecule has 168 valence electrons. The second kappa shape index (κ2) is 7.89. The molecule has 0 radical (unpaired) electrons. The summed E-state index contributed by atoms with van der Waals surface area (Å²) in [7, 11) is 0. The fraction of sp³-hybridized carbons (Fsp3) is 0.174. The second-order valence-electron chi connectivity index (χ2n) is 7.66. The molecule has 0 spiro atoms. The van der Waals surface area contributed by atoms with Gasteiger partial charge >= 0.3 is 12.2 Å². The maximum atomic E-state index is 12.9. The minimum Gasteiger partial charge on any atom is -0.439 e. The van der Waals surface area contributed by atoms with Gasteiger partial charge in [0.05, 0.1) is 22.3 Å². The molecule has 0 fully saturated rings. The van der Waals surface area contributed by atoms with Gasteiger partial charge in [0.25, 0.3) is 0 Å². The molecule has 1 aliphatic heterocycles. The van der Waals surface area contributed by atoms with Gasteiger partial charge in [0.15, 0.2) is 0 Å². The lowest BCUT2D eigenvalue weighted by Gasteiger charge is -2.12. The summed E-state index contributed by atoms with van der Waals surface area (Å²) >= 11 is 0. The number of benzene rings is 2. The van der Waals surface area contributed by atoms with E-state index in [4.69, 9.17) is 4.74 Å². The lowest BCUT2D eigenvalue weighted by atomic mass is 10.1. The molecule has 10 heteroatoms. The van der Waals surface area contributed by atoms with Gasteiger partial charge < -0.3 is 15.4 Å². The molecule has 3 heterocycles. The maximum Gasteiger partial charge on any atom is 0.416 e. The van der Waals surface area contributed by atoms with Gasteiger partial charge in [0.2, 0.25) is 5.88 Å². The number of hydrogen-bond acceptors (Lipinski definition) is 5. The zero-order valence-corrected chi connectivity index (χ0v) is 17.3. The number of anilines is 1. The van der Waals surface area contributed by atoms with E-state index in [2.05, 4.69) is 20.6 Å². The Balaban J connectivity index is 1.38. The predicted octanol–water partition coefficient (Wildman–Crippen LogP) is 5.49. The Hall–Kier alpha value is -3.92. The molecule has 0 saturated heterocycles. The number of aromatic nitrogens is 3. The van der Waals surface area contributed by atoms with Crippen molar-refractivity contribution in [2.75, 3.05) is 5.32 Å². The fourth-order valence-electron chi connectivity index (χ4n) is 3.85. The second-order valence-corrected chi connectivity index (χ2v) is 7.66. The van der Waals surface area contributed by atoms with E-state index < -0.39 is 17.8 Å². The third-order valence-corrected chi connectivity index (χ3v) is 5.47. The number of amides is 1. The first-order valence-corrected chi connectivity index (χ1v) is 10.1. The van der Waals surface area contributed by atoms with Crippen molar-refractivity contribution in [2.45, 2.75) is 25.7 Å². The largest absolute Gasteiger partial charge is 0.439 e. The van der Waals surface area contributed by atoms with Crippen molar-refractivity contribution in [1.82, 2.24) is 19.9 Å². The summed E-state index contributed by atoms with van der Waals surface area (Å²) in [6.07, 6.45) is -1.48. The van der Waals surface area contributed by atoms with E-state index >= 15 is 0 Å². The smallest absolute Gasteiger partial charge is 0.416 e. The standard InChI is InChI=1S/C23H18F3N5O2/c1-13-20-18(11-27-13)28-12-29-21(20)33-17-5-6-19-14(9-17)7-8-31(19)22(32)30-16-4-2-3-15(10-16)23(24,25)26/h2-10,12-13,27H,11H2,1H3,(H,30,32)/t13-/m0/s1. The monoisotopic (exact) mass is 453 g/mol. The van der Waals surface area contributed by atoms with Crippen molar-refractivity contribution in [3.63, 3.8) is 0 Å². The van der Waals surface area contributed by atoms with Crippen LogP contribution >= 0.6 is 0 Å². The topological polar surface area (TPSA) is 81.1 Å². The molecule has 4 aromatic rings. The van der Waals surface area contributed by atoms with Crippen molar-refractivity contribution in [1.29, 1.82) is 0 Å². The molecule has 1 amide bonds. The number of nitrogens with one attached hydrogen (secondary N) is 2. The molecule has 2 aromatic heterocycles. The molecule has 0 aliphatic carbocycles. The van der Waals surface area contributed by atoms with Crippen LogP contribution in [0.2, 0.25) is 0 Å². The van der Waals surface area contributed by atoms with Crippen molar-refractivity contribution in [2.24, 2.45) is 0 Å². The molecule has 1 atom stereocenters. The Bertz CT molecular complexity index is 1370. The minimum atomic E-state index is -4.49. The van der Waals surface area contributed by atoms with Crippen LogP contribution in [0.3, 0.4) is 0 Å². The van der Waals surface area contributed by atoms with Gasteiger partial charge in [-0.05, 0) is 49.4 Å². The minimum absolute atomic E-state index is 0.0528. The average molecular weight is 453 g/mol. The van der Waals surface area contributed by atoms with E-state index in [1.165, 1.54) is 23.0 Å². The molecule has 2 aromatic carbocycles. The maximum absolute atomic E-state index is 12.9. The number of ether oxygens (including phenoxy) is 1. The van der Waals surface area contributed by atoms with Gasteiger partial charge in [0, 0.05) is 29.9 Å². The van der Waals surface area contributed by atoms with Crippen molar-refractivity contribution < 1.29 is 22.7 Å². The van der Waals surface area contributed by atoms with Gasteiger partial charge in [-0.1, -0.05) is 6.07 Å². The Morgan fingerprint density at radius 1 is 1.18 bits per heavy atom. The first-order chi connectivity index (χ1) is 15.8. The molecular formula is C23H18F3N5O2. The van der Waals surface area contributed by atoms with E-state index in [0.717, 1.165) is 28.8 Å². The molecule has 2 N–H and O–H groups in total. The van der Waals surface area contributed by atoms with E-state index in [0.29, 0.717) is 23.7 Å². The highest BCUT2D eigenvalue weighted by Gasteiger charge is 2.30. The number of rotatable bonds is 3. The zero-order valence-electron chi connectivity index (χ0n) is 17.3. The first kappa shape index (κ1) is 21.0. The summed E-state index contributed by atoms with van der Waals surface area (Å²) in [6.45, 7) is 2.66. The number of carbonyl (C=O) groups is 1. The summed E-state index contributed by atoms with van der Waals surface area (Å²) in [6, 6.07) is 10.9. The third-order valence-electron chi connectivity index (χ3n) is 5.47. The third kappa shape index (κ3) is 4.00. The Morgan fingerprint density at radius 3 is 2.85 bits per heavy atom.